The van der Waals surface area contributed by atoms with Gasteiger partial charge in [0.2, 0.25) is 59.1 Å². The second-order valence-corrected chi connectivity index (χ2v) is 36.0. The molecule has 1 aliphatic heterocycles. The first-order valence-electron chi connectivity index (χ1n) is 41.5. The molecule has 0 spiro atoms. The van der Waals surface area contributed by atoms with Gasteiger partial charge in [0.05, 0.1) is 24.7 Å². The van der Waals surface area contributed by atoms with Gasteiger partial charge >= 0.3 is 36.4 Å². The fourth-order valence-corrected chi connectivity index (χ4v) is 11.8. The SMILES string of the molecule is CCCC(C)(C)OC(=O)CCC(=O)N[C@@H](CCNC(=O)OC(C)(C)C)C(=O)N[C@H](C(=O)N[C@@H](CCNC(=O)OC(C)(C)C)C(=O)N[C@H]1CCNC(=O)[C@H](C(C)O)NC(=O)[C@H](CCNC(=O)OC(C)(C)C)NC(=O)[C@H](CCNC(=O)OC(C)(C)C)NC(=O)[C@H](CC(C)C)NC(=O)[C@@H](Cc2ccccc2)NC(=O)[C@H](CCNC(=O)OC(C)(C)C)NC1)C(C)O. The highest BCUT2D eigenvalue weighted by Crippen LogP contribution is 2.20. The molecule has 18 N–H and O–H groups in total. The van der Waals surface area contributed by atoms with Crippen molar-refractivity contribution >= 4 is 95.5 Å². The van der Waals surface area contributed by atoms with Crippen LogP contribution in [0.2, 0.25) is 0 Å². The van der Waals surface area contributed by atoms with Crippen LogP contribution in [-0.4, -0.2) is 258 Å². The molecule has 1 aliphatic rings. The molecule has 15 amide bonds. The molecule has 692 valence electrons. The van der Waals surface area contributed by atoms with E-state index >= 15 is 14.4 Å². The molecule has 1 fully saturated rings. The van der Waals surface area contributed by atoms with Gasteiger partial charge in [0, 0.05) is 64.7 Å². The molecule has 1 heterocycles. The Hall–Kier alpha value is -10.4. The lowest BCUT2D eigenvalue weighted by molar-refractivity contribution is -0.158. The zero-order valence-electron chi connectivity index (χ0n) is 75.2. The molecule has 0 radical (unpaired) electrons. The number of carbonyl (C=O) groups excluding carboxylic acids is 16. The number of nitrogens with one attached hydrogen (secondary N) is 16. The minimum absolute atomic E-state index is 0.0886. The molecular formula is C82H140N16O24. The number of aliphatic hydroxyl groups excluding tert-OH is 2. The van der Waals surface area contributed by atoms with Gasteiger partial charge in [0.15, 0.2) is 0 Å². The summed E-state index contributed by atoms with van der Waals surface area (Å²) in [5.41, 5.74) is -5.23. The van der Waals surface area contributed by atoms with Gasteiger partial charge in [-0.3, -0.25) is 52.7 Å². The fourth-order valence-electron chi connectivity index (χ4n) is 11.8. The van der Waals surface area contributed by atoms with Crippen LogP contribution in [0.5, 0.6) is 0 Å². The van der Waals surface area contributed by atoms with E-state index in [1.165, 1.54) is 0 Å². The van der Waals surface area contributed by atoms with E-state index in [0.717, 1.165) is 13.8 Å². The Balaban J connectivity index is 3.07. The number of benzene rings is 1. The third kappa shape index (κ3) is 47.2. The maximum atomic E-state index is 15.3. The van der Waals surface area contributed by atoms with Crippen molar-refractivity contribution in [3.05, 3.63) is 35.9 Å². The second kappa shape index (κ2) is 50.9. The van der Waals surface area contributed by atoms with E-state index in [1.807, 2.05) is 6.92 Å². The predicted octanol–water partition coefficient (Wildman–Crippen LogP) is 2.35. The van der Waals surface area contributed by atoms with Gasteiger partial charge in [-0.25, -0.2) is 24.0 Å². The smallest absolute Gasteiger partial charge is 0.407 e. The van der Waals surface area contributed by atoms with Gasteiger partial charge in [0.1, 0.15) is 81.9 Å². The molecule has 40 nitrogen and oxygen atoms in total. The maximum Gasteiger partial charge on any atom is 0.407 e. The Morgan fingerprint density at radius 2 is 0.861 bits per heavy atom. The van der Waals surface area contributed by atoms with Crippen LogP contribution < -0.4 is 85.1 Å². The molecule has 0 aliphatic carbocycles. The van der Waals surface area contributed by atoms with Crippen molar-refractivity contribution < 1.29 is 115 Å². The number of hydrogen-bond acceptors (Lipinski definition) is 25. The molecule has 2 unspecified atom stereocenters. The van der Waals surface area contributed by atoms with E-state index in [9.17, 15) is 72.5 Å². The summed E-state index contributed by atoms with van der Waals surface area (Å²) in [6.07, 6.45) is -10.3. The normalized spacial score (nSPS) is 19.7. The van der Waals surface area contributed by atoms with E-state index in [1.54, 1.807) is 162 Å². The van der Waals surface area contributed by atoms with Crippen molar-refractivity contribution in [3.8, 4) is 0 Å². The number of rotatable bonds is 34. The average Bonchev–Trinajstić information content (AvgIpc) is 0.947. The summed E-state index contributed by atoms with van der Waals surface area (Å²) >= 11 is 0. The molecule has 0 saturated carbocycles. The number of aliphatic hydroxyl groups is 2. The Morgan fingerprint density at radius 1 is 0.459 bits per heavy atom. The van der Waals surface area contributed by atoms with E-state index < -0.39 is 247 Å². The largest absolute Gasteiger partial charge is 0.460 e. The minimum Gasteiger partial charge on any atom is -0.460 e. The van der Waals surface area contributed by atoms with Crippen molar-refractivity contribution in [3.63, 3.8) is 0 Å². The summed E-state index contributed by atoms with van der Waals surface area (Å²) in [4.78, 5) is 226. The third-order valence-electron chi connectivity index (χ3n) is 17.3. The monoisotopic (exact) mass is 1730 g/mol. The van der Waals surface area contributed by atoms with Gasteiger partial charge in [-0.05, 0) is 194 Å². The first-order chi connectivity index (χ1) is 56.3. The van der Waals surface area contributed by atoms with Crippen LogP contribution in [0.4, 0.5) is 24.0 Å². The van der Waals surface area contributed by atoms with Gasteiger partial charge in [-0.2, -0.15) is 0 Å². The van der Waals surface area contributed by atoms with E-state index in [0.29, 0.717) is 18.4 Å². The van der Waals surface area contributed by atoms with Crippen molar-refractivity contribution in [1.82, 2.24) is 85.1 Å². The Bertz CT molecular complexity index is 3620. The molecule has 12 atom stereocenters. The van der Waals surface area contributed by atoms with Gasteiger partial charge in [-0.1, -0.05) is 57.5 Å². The Morgan fingerprint density at radius 3 is 1.30 bits per heavy atom. The highest BCUT2D eigenvalue weighted by molar-refractivity contribution is 5.98. The number of ether oxygens (including phenoxy) is 6. The minimum atomic E-state index is -1.95. The molecular weight excluding hydrogens is 1590 g/mol. The molecule has 1 aromatic rings. The molecule has 1 saturated heterocycles. The number of esters is 1. The summed E-state index contributed by atoms with van der Waals surface area (Å²) in [6.45, 7) is 32.5. The van der Waals surface area contributed by atoms with Gasteiger partial charge in [-0.15, -0.1) is 0 Å². The topological polar surface area (TPSA) is 561 Å². The average molecular weight is 1730 g/mol. The molecule has 122 heavy (non-hydrogen) atoms. The van der Waals surface area contributed by atoms with Crippen molar-refractivity contribution in [2.75, 3.05) is 45.8 Å². The van der Waals surface area contributed by atoms with Gasteiger partial charge < -0.3 is 124 Å². The van der Waals surface area contributed by atoms with Crippen molar-refractivity contribution in [2.24, 2.45) is 5.92 Å². The van der Waals surface area contributed by atoms with E-state index in [-0.39, 0.29) is 70.6 Å². The molecule has 0 aromatic heterocycles. The van der Waals surface area contributed by atoms with E-state index in [4.69, 9.17) is 28.4 Å². The molecule has 0 bridgehead atoms. The van der Waals surface area contributed by atoms with Gasteiger partial charge in [0.25, 0.3) is 0 Å². The summed E-state index contributed by atoms with van der Waals surface area (Å²) in [6, 6.07) is -7.86. The lowest BCUT2D eigenvalue weighted by Crippen LogP contribution is -2.61. The number of alkyl carbamates (subject to hydrolysis) is 5. The summed E-state index contributed by atoms with van der Waals surface area (Å²) in [5, 5.41) is 64.5. The first-order valence-corrected chi connectivity index (χ1v) is 41.5. The number of hydrogen-bond donors (Lipinski definition) is 18. The zero-order chi connectivity index (χ0) is 92.8. The van der Waals surface area contributed by atoms with Crippen LogP contribution in [0.15, 0.2) is 30.3 Å². The number of amides is 15. The summed E-state index contributed by atoms with van der Waals surface area (Å²) in [7, 11) is 0. The highest BCUT2D eigenvalue weighted by atomic mass is 16.6. The van der Waals surface area contributed by atoms with E-state index in [2.05, 4.69) is 85.1 Å². The lowest BCUT2D eigenvalue weighted by Gasteiger charge is -2.29. The van der Waals surface area contributed by atoms with Crippen molar-refractivity contribution in [2.45, 2.75) is 336 Å². The maximum absolute atomic E-state index is 15.3. The summed E-state index contributed by atoms with van der Waals surface area (Å²) in [5.74, 6) is -11.2. The van der Waals surface area contributed by atoms with Crippen molar-refractivity contribution in [1.29, 1.82) is 0 Å². The van der Waals surface area contributed by atoms with Crippen LogP contribution in [0, 0.1) is 5.92 Å². The lowest BCUT2D eigenvalue weighted by atomic mass is 10.00. The van der Waals surface area contributed by atoms with Crippen LogP contribution >= 0.6 is 0 Å². The Labute approximate surface area is 716 Å². The van der Waals surface area contributed by atoms with Crippen LogP contribution in [-0.2, 0) is 87.6 Å². The summed E-state index contributed by atoms with van der Waals surface area (Å²) < 4.78 is 32.6. The molecule has 40 heteroatoms. The third-order valence-corrected chi connectivity index (χ3v) is 17.3. The molecule has 2 rings (SSSR count). The van der Waals surface area contributed by atoms with Crippen LogP contribution in [0.25, 0.3) is 0 Å². The zero-order valence-corrected chi connectivity index (χ0v) is 75.2. The molecule has 1 aromatic carbocycles. The standard InChI is InChI=1S/C82H140N16O24/c1-23-37-82(21,22)117-60(102)30-29-59(101)91-53(33-40-85-73(113)119-78(9,10)11)66(106)98-62(49(5)100)71(111)94-54(34-41-86-74(114)120-79(12,13)14)64(104)90-51-31-38-83-70(110)61(48(4)99)97-67(107)56(36-43-88-76(116)122-81(18,19)20)92-65(105)55(35-42-87-75(115)121-80(15,16)17)93-68(108)57(44-47(2)3)95-69(109)58(45-50-27-25-24-26-28-50)96-63(103)52(89-46-51)32-39-84-72(112)118-77(6,7)8/h24-28,47-49,51-58,61-62,89,99-100H,23,29-46H2,1-22H3,(H,83,110)(H,84,112)(H,85,113)(H,86,114)(H,87,115)(H,88,116)(H,90,104)(H,91,101)(H,92,105)(H,93,108)(H,94,111)(H,95,109)(H,96,103)(H,97,107)(H,98,106)/t48?,49?,51-,52-,53-,54-,55-,56-,57-,58+,61-,62-/m0/s1. The second-order valence-electron chi connectivity index (χ2n) is 36.0. The van der Waals surface area contributed by atoms with Crippen LogP contribution in [0.3, 0.4) is 0 Å². The Kier molecular flexibility index (Phi) is 44.9. The highest BCUT2D eigenvalue weighted by Gasteiger charge is 2.39. The quantitative estimate of drug-likeness (QED) is 0.0348. The number of carbonyl (C=O) groups is 16. The fraction of sp³-hybridized carbons (Fsp3) is 0.732. The first kappa shape index (κ1) is 108. The van der Waals surface area contributed by atoms with Crippen LogP contribution in [0.1, 0.15) is 229 Å². The predicted molar refractivity (Wildman–Crippen MR) is 448 cm³/mol.